The molecule has 36 heavy (non-hydrogen) atoms. The standard InChI is InChI=1S/C29H33N5O2/c1-3-25-24-21-33(29(35)30-18-12-20-36-4-2)27(22-13-7-5-8-14-22)26-17-11-19-32(26)28(24)34(31-25)23-15-9-6-10-16-23/h5-11,13-17,19,27H,3-4,12,18,20-21H2,1-2H3,(H,30,35)/t27-/m1/s1. The number of aryl methyl sites for hydroxylation is 1. The Morgan fingerprint density at radius 1 is 1.03 bits per heavy atom. The van der Waals surface area contributed by atoms with Gasteiger partial charge >= 0.3 is 6.03 Å². The van der Waals surface area contributed by atoms with E-state index in [-0.39, 0.29) is 12.1 Å². The number of aromatic nitrogens is 3. The lowest BCUT2D eigenvalue weighted by Crippen LogP contribution is -2.42. The van der Waals surface area contributed by atoms with Gasteiger partial charge in [0, 0.05) is 31.5 Å². The average Bonchev–Trinajstić information content (AvgIpc) is 3.50. The molecule has 0 unspecified atom stereocenters. The van der Waals surface area contributed by atoms with Crippen molar-refractivity contribution in [2.24, 2.45) is 0 Å². The molecule has 2 aromatic carbocycles. The summed E-state index contributed by atoms with van der Waals surface area (Å²) in [7, 11) is 0. The van der Waals surface area contributed by atoms with Crippen molar-refractivity contribution in [2.45, 2.75) is 39.3 Å². The largest absolute Gasteiger partial charge is 0.382 e. The zero-order valence-electron chi connectivity index (χ0n) is 20.9. The first-order valence-corrected chi connectivity index (χ1v) is 12.7. The Morgan fingerprint density at radius 3 is 2.50 bits per heavy atom. The third-order valence-corrected chi connectivity index (χ3v) is 6.63. The fraction of sp³-hybridized carbons (Fsp3) is 0.310. The minimum atomic E-state index is -0.241. The Kier molecular flexibility index (Phi) is 7.18. The molecule has 0 aliphatic carbocycles. The summed E-state index contributed by atoms with van der Waals surface area (Å²) in [5.41, 5.74) is 5.17. The van der Waals surface area contributed by atoms with Crippen molar-refractivity contribution in [1.29, 1.82) is 0 Å². The van der Waals surface area contributed by atoms with Crippen LogP contribution in [0.15, 0.2) is 79.0 Å². The molecule has 1 atom stereocenters. The van der Waals surface area contributed by atoms with Crippen molar-refractivity contribution in [2.75, 3.05) is 19.8 Å². The van der Waals surface area contributed by atoms with Crippen LogP contribution in [0.1, 0.15) is 48.8 Å². The van der Waals surface area contributed by atoms with Gasteiger partial charge in [-0.3, -0.25) is 0 Å². The Hall–Kier alpha value is -3.84. The number of hydrogen-bond acceptors (Lipinski definition) is 3. The van der Waals surface area contributed by atoms with Gasteiger partial charge in [0.05, 0.1) is 29.7 Å². The second-order valence-corrected chi connectivity index (χ2v) is 8.88. The van der Waals surface area contributed by atoms with Crippen molar-refractivity contribution in [1.82, 2.24) is 24.6 Å². The molecular formula is C29H33N5O2. The average molecular weight is 484 g/mol. The Bertz CT molecular complexity index is 1300. The van der Waals surface area contributed by atoms with Crippen molar-refractivity contribution >= 4 is 6.03 Å². The first-order chi connectivity index (χ1) is 17.7. The third-order valence-electron chi connectivity index (χ3n) is 6.63. The van der Waals surface area contributed by atoms with Crippen LogP contribution in [0.5, 0.6) is 0 Å². The Balaban J connectivity index is 1.62. The fourth-order valence-corrected chi connectivity index (χ4v) is 4.95. The highest BCUT2D eigenvalue weighted by atomic mass is 16.5. The van der Waals surface area contributed by atoms with Gasteiger partial charge in [-0.1, -0.05) is 55.5 Å². The maximum absolute atomic E-state index is 13.7. The van der Waals surface area contributed by atoms with Crippen LogP contribution >= 0.6 is 0 Å². The van der Waals surface area contributed by atoms with Gasteiger partial charge in [-0.25, -0.2) is 9.48 Å². The summed E-state index contributed by atoms with van der Waals surface area (Å²) < 4.78 is 9.67. The summed E-state index contributed by atoms with van der Waals surface area (Å²) in [6, 6.07) is 24.3. The van der Waals surface area contributed by atoms with Gasteiger partial charge in [0.15, 0.2) is 0 Å². The van der Waals surface area contributed by atoms with Crippen LogP contribution in [-0.4, -0.2) is 45.0 Å². The Morgan fingerprint density at radius 2 is 1.78 bits per heavy atom. The molecule has 3 heterocycles. The quantitative estimate of drug-likeness (QED) is 0.348. The molecule has 2 aromatic heterocycles. The highest BCUT2D eigenvalue weighted by Gasteiger charge is 2.36. The lowest BCUT2D eigenvalue weighted by Gasteiger charge is -2.31. The van der Waals surface area contributed by atoms with E-state index < -0.39 is 0 Å². The number of urea groups is 1. The number of nitrogens with zero attached hydrogens (tertiary/aromatic N) is 4. The summed E-state index contributed by atoms with van der Waals surface area (Å²) in [5, 5.41) is 8.15. The van der Waals surface area contributed by atoms with Gasteiger partial charge < -0.3 is 19.5 Å². The SMILES string of the molecule is CCOCCCNC(=O)N1Cc2c(CC)nn(-c3ccccc3)c2-n2cccc2[C@H]1c1ccccc1. The summed E-state index contributed by atoms with van der Waals surface area (Å²) in [4.78, 5) is 15.7. The molecule has 7 heteroatoms. The van der Waals surface area contributed by atoms with E-state index in [0.717, 1.165) is 46.9 Å². The van der Waals surface area contributed by atoms with Gasteiger partial charge in [0.25, 0.3) is 0 Å². The minimum absolute atomic E-state index is 0.0875. The predicted octanol–water partition coefficient (Wildman–Crippen LogP) is 5.27. The molecule has 1 aliphatic rings. The lowest BCUT2D eigenvalue weighted by atomic mass is 10.0. The van der Waals surface area contributed by atoms with Crippen molar-refractivity contribution in [3.8, 4) is 11.5 Å². The molecule has 1 aliphatic heterocycles. The molecule has 0 saturated heterocycles. The summed E-state index contributed by atoms with van der Waals surface area (Å²) >= 11 is 0. The van der Waals surface area contributed by atoms with Crippen molar-refractivity contribution < 1.29 is 9.53 Å². The minimum Gasteiger partial charge on any atom is -0.382 e. The topological polar surface area (TPSA) is 64.3 Å². The molecule has 4 aromatic rings. The predicted molar refractivity (Wildman–Crippen MR) is 141 cm³/mol. The van der Waals surface area contributed by atoms with Crippen LogP contribution in [-0.2, 0) is 17.7 Å². The molecule has 0 radical (unpaired) electrons. The smallest absolute Gasteiger partial charge is 0.318 e. The van der Waals surface area contributed by atoms with Gasteiger partial charge in [0.1, 0.15) is 5.82 Å². The number of fused-ring (bicyclic) bond motifs is 3. The van der Waals surface area contributed by atoms with Crippen molar-refractivity contribution in [3.05, 3.63) is 102 Å². The van der Waals surface area contributed by atoms with E-state index in [1.165, 1.54) is 0 Å². The zero-order valence-corrected chi connectivity index (χ0v) is 20.9. The van der Waals surface area contributed by atoms with Crippen LogP contribution in [0.4, 0.5) is 4.79 Å². The monoisotopic (exact) mass is 483 g/mol. The maximum Gasteiger partial charge on any atom is 0.318 e. The highest BCUT2D eigenvalue weighted by molar-refractivity contribution is 5.76. The van der Waals surface area contributed by atoms with Crippen LogP contribution in [0.2, 0.25) is 0 Å². The molecule has 0 saturated carbocycles. The zero-order chi connectivity index (χ0) is 24.9. The molecule has 186 valence electrons. The van der Waals surface area contributed by atoms with Gasteiger partial charge in [-0.2, -0.15) is 5.10 Å². The number of nitrogens with one attached hydrogen (secondary N) is 1. The first kappa shape index (κ1) is 23.9. The molecule has 5 rings (SSSR count). The molecule has 1 N–H and O–H groups in total. The molecular weight excluding hydrogens is 450 g/mol. The van der Waals surface area contributed by atoms with E-state index in [4.69, 9.17) is 9.84 Å². The van der Waals surface area contributed by atoms with Gasteiger partial charge in [0.2, 0.25) is 0 Å². The van der Waals surface area contributed by atoms with E-state index >= 15 is 0 Å². The van der Waals surface area contributed by atoms with E-state index in [0.29, 0.717) is 26.3 Å². The van der Waals surface area contributed by atoms with Crippen LogP contribution in [0.3, 0.4) is 0 Å². The van der Waals surface area contributed by atoms with Gasteiger partial charge in [-0.15, -0.1) is 0 Å². The van der Waals surface area contributed by atoms with Crippen molar-refractivity contribution in [3.63, 3.8) is 0 Å². The number of rotatable bonds is 8. The summed E-state index contributed by atoms with van der Waals surface area (Å²) in [6.07, 6.45) is 3.63. The maximum atomic E-state index is 13.7. The molecule has 0 spiro atoms. The van der Waals surface area contributed by atoms with E-state index in [1.807, 2.05) is 59.0 Å². The van der Waals surface area contributed by atoms with E-state index in [2.05, 4.69) is 53.3 Å². The van der Waals surface area contributed by atoms with Gasteiger partial charge in [-0.05, 0) is 49.6 Å². The van der Waals surface area contributed by atoms with Crippen LogP contribution in [0, 0.1) is 0 Å². The number of ether oxygens (including phenoxy) is 1. The number of para-hydroxylation sites is 1. The highest BCUT2D eigenvalue weighted by Crippen LogP contribution is 2.38. The van der Waals surface area contributed by atoms with Crippen LogP contribution in [0.25, 0.3) is 11.5 Å². The lowest BCUT2D eigenvalue weighted by molar-refractivity contribution is 0.143. The molecule has 7 nitrogen and oxygen atoms in total. The number of carbonyl (C=O) groups is 1. The summed E-state index contributed by atoms with van der Waals surface area (Å²) in [6.45, 7) is 6.44. The molecule has 0 fully saturated rings. The number of carbonyl (C=O) groups excluding carboxylic acids is 1. The molecule has 2 amide bonds. The van der Waals surface area contributed by atoms with E-state index in [1.54, 1.807) is 0 Å². The van der Waals surface area contributed by atoms with E-state index in [9.17, 15) is 4.79 Å². The fourth-order valence-electron chi connectivity index (χ4n) is 4.95. The third kappa shape index (κ3) is 4.54. The summed E-state index contributed by atoms with van der Waals surface area (Å²) in [5.74, 6) is 0.991. The number of amides is 2. The Labute approximate surface area is 212 Å². The second-order valence-electron chi connectivity index (χ2n) is 8.88. The molecule has 0 bridgehead atoms. The first-order valence-electron chi connectivity index (χ1n) is 12.7. The second kappa shape index (κ2) is 10.8. The van der Waals surface area contributed by atoms with Crippen LogP contribution < -0.4 is 5.32 Å². The number of benzene rings is 2. The normalized spacial score (nSPS) is 14.7. The number of hydrogen-bond donors (Lipinski definition) is 1.